The third-order valence-electron chi connectivity index (χ3n) is 2.77. The Kier molecular flexibility index (Phi) is 3.73. The zero-order chi connectivity index (χ0) is 13.4. The van der Waals surface area contributed by atoms with Crippen molar-refractivity contribution >= 4 is 21.6 Å². The number of nitrogens with zero attached hydrogens (tertiary/aromatic N) is 2. The van der Waals surface area contributed by atoms with E-state index < -0.39 is 9.84 Å². The molecule has 0 aromatic carbocycles. The SMILES string of the molecule is CC(C)(C)c1noc(CSC2CCS(=O)(=O)C2)n1. The van der Waals surface area contributed by atoms with Gasteiger partial charge in [0, 0.05) is 10.7 Å². The minimum atomic E-state index is -2.81. The first-order valence-electron chi connectivity index (χ1n) is 5.91. The molecule has 0 bridgehead atoms. The second kappa shape index (κ2) is 4.85. The summed E-state index contributed by atoms with van der Waals surface area (Å²) in [6.45, 7) is 6.08. The summed E-state index contributed by atoms with van der Waals surface area (Å²) in [6.07, 6.45) is 0.729. The van der Waals surface area contributed by atoms with Crippen molar-refractivity contribution in [3.8, 4) is 0 Å². The van der Waals surface area contributed by atoms with Gasteiger partial charge in [-0.15, -0.1) is 11.8 Å². The monoisotopic (exact) mass is 290 g/mol. The number of aromatic nitrogens is 2. The lowest BCUT2D eigenvalue weighted by Gasteiger charge is -2.10. The van der Waals surface area contributed by atoms with Gasteiger partial charge in [-0.25, -0.2) is 8.42 Å². The van der Waals surface area contributed by atoms with Crippen LogP contribution >= 0.6 is 11.8 Å². The Morgan fingerprint density at radius 1 is 1.44 bits per heavy atom. The molecule has 1 aromatic rings. The second-order valence-corrected chi connectivity index (χ2v) is 9.12. The minimum absolute atomic E-state index is 0.122. The van der Waals surface area contributed by atoms with Gasteiger partial charge >= 0.3 is 0 Å². The zero-order valence-corrected chi connectivity index (χ0v) is 12.5. The molecule has 102 valence electrons. The van der Waals surface area contributed by atoms with Crippen LogP contribution in [-0.4, -0.2) is 35.3 Å². The van der Waals surface area contributed by atoms with E-state index in [0.717, 1.165) is 6.42 Å². The topological polar surface area (TPSA) is 73.1 Å². The average Bonchev–Trinajstić information content (AvgIpc) is 2.80. The Balaban J connectivity index is 1.90. The van der Waals surface area contributed by atoms with Crippen LogP contribution in [0.25, 0.3) is 0 Å². The van der Waals surface area contributed by atoms with Crippen LogP contribution in [0.5, 0.6) is 0 Å². The van der Waals surface area contributed by atoms with E-state index in [1.54, 1.807) is 11.8 Å². The van der Waals surface area contributed by atoms with Gasteiger partial charge in [-0.2, -0.15) is 4.98 Å². The van der Waals surface area contributed by atoms with Crippen LogP contribution in [0.15, 0.2) is 4.52 Å². The highest BCUT2D eigenvalue weighted by molar-refractivity contribution is 8.01. The maximum Gasteiger partial charge on any atom is 0.236 e. The summed E-state index contributed by atoms with van der Waals surface area (Å²) in [5, 5.41) is 4.11. The molecule has 0 saturated carbocycles. The Morgan fingerprint density at radius 2 is 2.17 bits per heavy atom. The molecule has 1 saturated heterocycles. The normalized spacial score (nSPS) is 23.4. The number of hydrogen-bond acceptors (Lipinski definition) is 6. The van der Waals surface area contributed by atoms with Gasteiger partial charge in [0.25, 0.3) is 0 Å². The lowest BCUT2D eigenvalue weighted by atomic mass is 9.96. The third-order valence-corrected chi connectivity index (χ3v) is 6.04. The lowest BCUT2D eigenvalue weighted by molar-refractivity contribution is 0.372. The molecule has 2 rings (SSSR count). The van der Waals surface area contributed by atoms with E-state index in [1.165, 1.54) is 0 Å². The predicted molar refractivity (Wildman–Crippen MR) is 71.4 cm³/mol. The summed E-state index contributed by atoms with van der Waals surface area (Å²) in [6, 6.07) is 0. The second-order valence-electron chi connectivity index (χ2n) is 5.60. The summed E-state index contributed by atoms with van der Waals surface area (Å²) in [5.41, 5.74) is -0.122. The summed E-state index contributed by atoms with van der Waals surface area (Å²) in [4.78, 5) is 4.33. The maximum atomic E-state index is 11.3. The fraction of sp³-hybridized carbons (Fsp3) is 0.818. The first-order valence-corrected chi connectivity index (χ1v) is 8.78. The van der Waals surface area contributed by atoms with Crippen molar-refractivity contribution in [2.45, 2.75) is 43.6 Å². The molecule has 1 unspecified atom stereocenters. The van der Waals surface area contributed by atoms with Crippen molar-refractivity contribution in [2.75, 3.05) is 11.5 Å². The molecule has 1 aliphatic heterocycles. The van der Waals surface area contributed by atoms with Gasteiger partial charge in [-0.3, -0.25) is 0 Å². The quantitative estimate of drug-likeness (QED) is 0.845. The Bertz CT molecular complexity index is 517. The first-order chi connectivity index (χ1) is 8.26. The van der Waals surface area contributed by atoms with Crippen LogP contribution in [-0.2, 0) is 21.0 Å². The van der Waals surface area contributed by atoms with Gasteiger partial charge in [0.05, 0.1) is 17.3 Å². The van der Waals surface area contributed by atoms with E-state index in [1.807, 2.05) is 20.8 Å². The molecule has 1 aromatic heterocycles. The average molecular weight is 290 g/mol. The molecular weight excluding hydrogens is 272 g/mol. The number of rotatable bonds is 3. The number of sulfone groups is 1. The Hall–Kier alpha value is -0.560. The van der Waals surface area contributed by atoms with Crippen molar-refractivity contribution in [2.24, 2.45) is 0 Å². The molecular formula is C11H18N2O3S2. The molecule has 1 aliphatic rings. The van der Waals surface area contributed by atoms with E-state index >= 15 is 0 Å². The molecule has 0 N–H and O–H groups in total. The van der Waals surface area contributed by atoms with Crippen LogP contribution in [0.3, 0.4) is 0 Å². The fourth-order valence-electron chi connectivity index (χ4n) is 1.70. The fourth-order valence-corrected chi connectivity index (χ4v) is 5.18. The van der Waals surface area contributed by atoms with Gasteiger partial charge in [-0.1, -0.05) is 25.9 Å². The molecule has 0 aliphatic carbocycles. The summed E-state index contributed by atoms with van der Waals surface area (Å²) in [5.74, 6) is 2.44. The molecule has 2 heterocycles. The smallest absolute Gasteiger partial charge is 0.236 e. The van der Waals surface area contributed by atoms with Crippen molar-refractivity contribution in [1.29, 1.82) is 0 Å². The van der Waals surface area contributed by atoms with Crippen LogP contribution in [0.1, 0.15) is 38.9 Å². The van der Waals surface area contributed by atoms with E-state index in [4.69, 9.17) is 4.52 Å². The van der Waals surface area contributed by atoms with Crippen molar-refractivity contribution in [3.63, 3.8) is 0 Å². The molecule has 0 spiro atoms. The van der Waals surface area contributed by atoms with E-state index in [2.05, 4.69) is 10.1 Å². The van der Waals surface area contributed by atoms with Crippen molar-refractivity contribution in [3.05, 3.63) is 11.7 Å². The summed E-state index contributed by atoms with van der Waals surface area (Å²) in [7, 11) is -2.81. The third kappa shape index (κ3) is 3.47. The van der Waals surface area contributed by atoms with E-state index in [0.29, 0.717) is 23.2 Å². The molecule has 0 amide bonds. The van der Waals surface area contributed by atoms with Gasteiger partial charge in [0.15, 0.2) is 15.7 Å². The van der Waals surface area contributed by atoms with Gasteiger partial charge < -0.3 is 4.52 Å². The Morgan fingerprint density at radius 3 is 2.67 bits per heavy atom. The van der Waals surface area contributed by atoms with E-state index in [-0.39, 0.29) is 16.4 Å². The van der Waals surface area contributed by atoms with E-state index in [9.17, 15) is 8.42 Å². The molecule has 7 heteroatoms. The van der Waals surface area contributed by atoms with Crippen LogP contribution in [0.4, 0.5) is 0 Å². The zero-order valence-electron chi connectivity index (χ0n) is 10.8. The molecule has 1 atom stereocenters. The van der Waals surface area contributed by atoms with Gasteiger partial charge in [-0.05, 0) is 6.42 Å². The van der Waals surface area contributed by atoms with Gasteiger partial charge in [0.2, 0.25) is 5.89 Å². The molecule has 0 radical (unpaired) electrons. The minimum Gasteiger partial charge on any atom is -0.338 e. The first kappa shape index (κ1) is 13.9. The summed E-state index contributed by atoms with van der Waals surface area (Å²) < 4.78 is 27.8. The van der Waals surface area contributed by atoms with Crippen LogP contribution in [0.2, 0.25) is 0 Å². The number of thioether (sulfide) groups is 1. The molecule has 1 fully saturated rings. The largest absolute Gasteiger partial charge is 0.338 e. The van der Waals surface area contributed by atoms with Crippen molar-refractivity contribution < 1.29 is 12.9 Å². The van der Waals surface area contributed by atoms with Crippen LogP contribution in [0, 0.1) is 0 Å². The van der Waals surface area contributed by atoms with Crippen LogP contribution < -0.4 is 0 Å². The van der Waals surface area contributed by atoms with Gasteiger partial charge in [0.1, 0.15) is 0 Å². The predicted octanol–water partition coefficient (Wildman–Crippen LogP) is 1.79. The highest BCUT2D eigenvalue weighted by atomic mass is 32.2. The highest BCUT2D eigenvalue weighted by Crippen LogP contribution is 2.27. The highest BCUT2D eigenvalue weighted by Gasteiger charge is 2.29. The standard InChI is InChI=1S/C11H18N2O3S2/c1-11(2,3)10-12-9(16-13-10)6-17-8-4-5-18(14,15)7-8/h8H,4-7H2,1-3H3. The Labute approximate surface area is 112 Å². The molecule has 5 nitrogen and oxygen atoms in total. The lowest BCUT2D eigenvalue weighted by Crippen LogP contribution is -2.13. The number of hydrogen-bond donors (Lipinski definition) is 0. The summed E-state index contributed by atoms with van der Waals surface area (Å²) >= 11 is 1.59. The maximum absolute atomic E-state index is 11.3. The molecule has 18 heavy (non-hydrogen) atoms. The van der Waals surface area contributed by atoms with Crippen molar-refractivity contribution in [1.82, 2.24) is 10.1 Å².